The molecule has 1 aliphatic rings. The monoisotopic (exact) mass is 215 g/mol. The number of aliphatic carboxylic acids is 1. The van der Waals surface area contributed by atoms with Crippen molar-refractivity contribution in [1.29, 1.82) is 0 Å². The van der Waals surface area contributed by atoms with Gasteiger partial charge in [0.1, 0.15) is 6.04 Å². The maximum Gasteiger partial charge on any atom is 0.320 e. The van der Waals surface area contributed by atoms with Crippen molar-refractivity contribution in [2.24, 2.45) is 5.73 Å². The molecule has 3 N–H and O–H groups in total. The minimum absolute atomic E-state index is 0.533. The van der Waals surface area contributed by atoms with Gasteiger partial charge in [0, 0.05) is 32.2 Å². The summed E-state index contributed by atoms with van der Waals surface area (Å²) in [6.07, 6.45) is 0.533. The zero-order valence-corrected chi connectivity index (χ0v) is 9.52. The molecular formula is C10H21N3O2. The molecule has 1 rings (SSSR count). The average molecular weight is 215 g/mol. The molecule has 1 heterocycles. The van der Waals surface area contributed by atoms with Crippen LogP contribution in [0.5, 0.6) is 0 Å². The summed E-state index contributed by atoms with van der Waals surface area (Å²) in [6.45, 7) is 6.02. The van der Waals surface area contributed by atoms with Crippen molar-refractivity contribution in [3.8, 4) is 0 Å². The Labute approximate surface area is 90.8 Å². The molecule has 0 saturated carbocycles. The first kappa shape index (κ1) is 12.4. The van der Waals surface area contributed by atoms with Crippen molar-refractivity contribution in [1.82, 2.24) is 9.80 Å². The topological polar surface area (TPSA) is 69.8 Å². The van der Waals surface area contributed by atoms with Crippen LogP contribution in [-0.4, -0.2) is 66.2 Å². The van der Waals surface area contributed by atoms with Crippen LogP contribution in [0.2, 0.25) is 0 Å². The van der Waals surface area contributed by atoms with Gasteiger partial charge in [-0.15, -0.1) is 0 Å². The fraction of sp³-hybridized carbons (Fsp3) is 0.900. The second-order valence-electron chi connectivity index (χ2n) is 4.36. The van der Waals surface area contributed by atoms with Gasteiger partial charge >= 0.3 is 5.97 Å². The number of nitrogens with zero attached hydrogens (tertiary/aromatic N) is 2. The van der Waals surface area contributed by atoms with Gasteiger partial charge in [-0.3, -0.25) is 4.79 Å². The lowest BCUT2D eigenvalue weighted by Gasteiger charge is -2.37. The molecule has 88 valence electrons. The Bertz CT molecular complexity index is 223. The van der Waals surface area contributed by atoms with E-state index < -0.39 is 12.0 Å². The Morgan fingerprint density at radius 1 is 1.60 bits per heavy atom. The largest absolute Gasteiger partial charge is 0.480 e. The molecule has 1 aliphatic heterocycles. The third-order valence-electron chi connectivity index (χ3n) is 3.12. The smallest absolute Gasteiger partial charge is 0.320 e. The predicted octanol–water partition coefficient (Wildman–Crippen LogP) is -0.576. The van der Waals surface area contributed by atoms with E-state index in [1.165, 1.54) is 0 Å². The molecule has 0 amide bonds. The molecule has 0 radical (unpaired) electrons. The molecule has 0 bridgehead atoms. The number of carboxylic acids is 1. The highest BCUT2D eigenvalue weighted by molar-refractivity contribution is 5.72. The molecule has 1 saturated heterocycles. The summed E-state index contributed by atoms with van der Waals surface area (Å²) < 4.78 is 0. The summed E-state index contributed by atoms with van der Waals surface area (Å²) in [7, 11) is 2.12. The van der Waals surface area contributed by atoms with Crippen LogP contribution in [0, 0.1) is 0 Å². The van der Waals surface area contributed by atoms with Crippen molar-refractivity contribution < 1.29 is 9.90 Å². The Morgan fingerprint density at radius 2 is 2.27 bits per heavy atom. The predicted molar refractivity (Wildman–Crippen MR) is 58.8 cm³/mol. The molecule has 0 aliphatic carbocycles. The van der Waals surface area contributed by atoms with Crippen LogP contribution in [0.1, 0.15) is 13.3 Å². The summed E-state index contributed by atoms with van der Waals surface area (Å²) in [5.74, 6) is -0.905. The number of nitrogens with two attached hydrogens (primary N) is 1. The zero-order valence-electron chi connectivity index (χ0n) is 9.52. The molecule has 1 fully saturated rings. The Balaban J connectivity index is 2.25. The van der Waals surface area contributed by atoms with E-state index in [2.05, 4.69) is 23.8 Å². The average Bonchev–Trinajstić information content (AvgIpc) is 2.19. The van der Waals surface area contributed by atoms with Crippen LogP contribution in [-0.2, 0) is 4.79 Å². The maximum atomic E-state index is 10.5. The number of hydrogen-bond donors (Lipinski definition) is 2. The normalized spacial score (nSPS) is 26.5. The van der Waals surface area contributed by atoms with Crippen LogP contribution in [0.25, 0.3) is 0 Å². The number of carbonyl (C=O) groups is 1. The highest BCUT2D eigenvalue weighted by Crippen LogP contribution is 2.07. The van der Waals surface area contributed by atoms with E-state index in [1.807, 2.05) is 0 Å². The highest BCUT2D eigenvalue weighted by atomic mass is 16.4. The number of likely N-dealkylation sites (N-methyl/N-ethyl adjacent to an activating group) is 1. The van der Waals surface area contributed by atoms with Crippen LogP contribution in [0.4, 0.5) is 0 Å². The van der Waals surface area contributed by atoms with Gasteiger partial charge in [-0.05, 0) is 20.4 Å². The van der Waals surface area contributed by atoms with E-state index in [0.29, 0.717) is 12.5 Å². The van der Waals surface area contributed by atoms with Crippen LogP contribution in [0.3, 0.4) is 0 Å². The van der Waals surface area contributed by atoms with Gasteiger partial charge in [0.15, 0.2) is 0 Å². The van der Waals surface area contributed by atoms with E-state index in [0.717, 1.165) is 26.2 Å². The maximum absolute atomic E-state index is 10.5. The molecular weight excluding hydrogens is 194 g/mol. The first-order valence-electron chi connectivity index (χ1n) is 5.41. The summed E-state index contributed by atoms with van der Waals surface area (Å²) in [5.41, 5.74) is 5.46. The Kier molecular flexibility index (Phi) is 4.50. The lowest BCUT2D eigenvalue weighted by Crippen LogP contribution is -2.51. The van der Waals surface area contributed by atoms with E-state index in [9.17, 15) is 4.79 Å². The van der Waals surface area contributed by atoms with Gasteiger partial charge < -0.3 is 20.6 Å². The van der Waals surface area contributed by atoms with Gasteiger partial charge in [-0.2, -0.15) is 0 Å². The highest BCUT2D eigenvalue weighted by Gasteiger charge is 2.21. The quantitative estimate of drug-likeness (QED) is 0.657. The van der Waals surface area contributed by atoms with Crippen molar-refractivity contribution in [3.63, 3.8) is 0 Å². The van der Waals surface area contributed by atoms with Crippen LogP contribution >= 0.6 is 0 Å². The van der Waals surface area contributed by atoms with Crippen LogP contribution < -0.4 is 5.73 Å². The molecule has 5 heteroatoms. The molecule has 0 spiro atoms. The number of rotatable bonds is 4. The molecule has 0 aromatic carbocycles. The van der Waals surface area contributed by atoms with Gasteiger partial charge in [0.25, 0.3) is 0 Å². The number of piperazine rings is 1. The van der Waals surface area contributed by atoms with E-state index in [-0.39, 0.29) is 0 Å². The van der Waals surface area contributed by atoms with Crippen molar-refractivity contribution in [2.45, 2.75) is 25.4 Å². The molecule has 0 aromatic rings. The summed E-state index contributed by atoms with van der Waals surface area (Å²) in [6, 6.07) is -0.181. The van der Waals surface area contributed by atoms with Crippen molar-refractivity contribution >= 4 is 5.97 Å². The van der Waals surface area contributed by atoms with E-state index in [4.69, 9.17) is 10.8 Å². The van der Waals surface area contributed by atoms with Crippen molar-refractivity contribution in [3.05, 3.63) is 0 Å². The summed E-state index contributed by atoms with van der Waals surface area (Å²) in [5, 5.41) is 8.65. The van der Waals surface area contributed by atoms with Crippen molar-refractivity contribution in [2.75, 3.05) is 33.2 Å². The van der Waals surface area contributed by atoms with E-state index in [1.54, 1.807) is 0 Å². The number of carboxylic acid groups (broad SMARTS) is 1. The fourth-order valence-electron chi connectivity index (χ4n) is 1.77. The third-order valence-corrected chi connectivity index (χ3v) is 3.12. The minimum Gasteiger partial charge on any atom is -0.480 e. The Hall–Kier alpha value is -0.650. The van der Waals surface area contributed by atoms with Crippen LogP contribution in [0.15, 0.2) is 0 Å². The SMILES string of the molecule is CC1CN(CCC(N)C(=O)O)CCN1C. The summed E-state index contributed by atoms with van der Waals surface area (Å²) >= 11 is 0. The van der Waals surface area contributed by atoms with Gasteiger partial charge in [-0.1, -0.05) is 0 Å². The second-order valence-corrected chi connectivity index (χ2v) is 4.36. The molecule has 15 heavy (non-hydrogen) atoms. The summed E-state index contributed by atoms with van der Waals surface area (Å²) in [4.78, 5) is 15.1. The van der Waals surface area contributed by atoms with E-state index >= 15 is 0 Å². The first-order valence-corrected chi connectivity index (χ1v) is 5.41. The molecule has 5 nitrogen and oxygen atoms in total. The molecule has 2 atom stereocenters. The van der Waals surface area contributed by atoms with Gasteiger partial charge in [0.2, 0.25) is 0 Å². The standard InChI is InChI=1S/C10H21N3O2/c1-8-7-13(6-5-12(8)2)4-3-9(11)10(14)15/h8-9H,3-7,11H2,1-2H3,(H,14,15). The molecule has 0 aromatic heterocycles. The fourth-order valence-corrected chi connectivity index (χ4v) is 1.77. The minimum atomic E-state index is -0.905. The van der Waals surface area contributed by atoms with Gasteiger partial charge in [-0.25, -0.2) is 0 Å². The third kappa shape index (κ3) is 3.77. The lowest BCUT2D eigenvalue weighted by atomic mass is 10.1. The van der Waals surface area contributed by atoms with Gasteiger partial charge in [0.05, 0.1) is 0 Å². The first-order chi connectivity index (χ1) is 7.00. The Morgan fingerprint density at radius 3 is 2.80 bits per heavy atom. The lowest BCUT2D eigenvalue weighted by molar-refractivity contribution is -0.138. The zero-order chi connectivity index (χ0) is 11.4. The molecule has 2 unspecified atom stereocenters. The number of hydrogen-bond acceptors (Lipinski definition) is 4. The second kappa shape index (κ2) is 5.44.